The molecule has 2 heterocycles. The minimum absolute atomic E-state index is 0.283. The number of carbonyl (C=O) groups is 2. The number of imidazole rings is 1. The van der Waals surface area contributed by atoms with E-state index >= 15 is 0 Å². The number of carboxylic acids is 1. The van der Waals surface area contributed by atoms with Gasteiger partial charge in [-0.25, -0.2) is 4.98 Å². The molecule has 2 rings (SSSR count). The monoisotopic (exact) mass is 291 g/mol. The Kier molecular flexibility index (Phi) is 3.45. The third-order valence-electron chi connectivity index (χ3n) is 3.40. The van der Waals surface area contributed by atoms with E-state index in [-0.39, 0.29) is 6.54 Å². The van der Waals surface area contributed by atoms with E-state index in [1.807, 2.05) is 0 Å². The van der Waals surface area contributed by atoms with Gasteiger partial charge < -0.3 is 14.6 Å². The third kappa shape index (κ3) is 2.47. The van der Waals surface area contributed by atoms with E-state index in [0.717, 1.165) is 0 Å². The highest BCUT2D eigenvalue weighted by Crippen LogP contribution is 2.34. The molecular weight excluding hydrogens is 279 g/mol. The Hall–Kier alpha value is -2.06. The molecule has 1 amide bonds. The minimum Gasteiger partial charge on any atom is -0.481 e. The minimum atomic E-state index is -5.00. The largest absolute Gasteiger partial charge is 0.481 e. The molecular formula is C11H12F3N3O3. The summed E-state index contributed by atoms with van der Waals surface area (Å²) >= 11 is 0. The zero-order chi connectivity index (χ0) is 15.1. The van der Waals surface area contributed by atoms with Crippen molar-refractivity contribution in [2.75, 3.05) is 13.1 Å². The molecule has 2 atom stereocenters. The van der Waals surface area contributed by atoms with Crippen molar-refractivity contribution in [1.29, 1.82) is 0 Å². The first kappa shape index (κ1) is 14.4. The zero-order valence-corrected chi connectivity index (χ0v) is 10.5. The predicted octanol–water partition coefficient (Wildman–Crippen LogP) is 0.609. The summed E-state index contributed by atoms with van der Waals surface area (Å²) in [5, 5.41) is 9.13. The fourth-order valence-electron chi connectivity index (χ4n) is 2.42. The fourth-order valence-corrected chi connectivity index (χ4v) is 2.42. The van der Waals surface area contributed by atoms with Crippen molar-refractivity contribution >= 4 is 11.9 Å². The zero-order valence-electron chi connectivity index (χ0n) is 10.5. The second kappa shape index (κ2) is 4.80. The SMILES string of the molecule is Cn1cncc1[C@@H]1CN(C(=O)C(F)(F)F)C[C@H]1C(=O)O. The van der Waals surface area contributed by atoms with Gasteiger partial charge >= 0.3 is 18.1 Å². The molecule has 20 heavy (non-hydrogen) atoms. The molecule has 9 heteroatoms. The lowest BCUT2D eigenvalue weighted by Gasteiger charge is -2.17. The first-order valence-electron chi connectivity index (χ1n) is 5.77. The number of nitrogens with zero attached hydrogens (tertiary/aromatic N) is 3. The molecule has 0 bridgehead atoms. The lowest BCUT2D eigenvalue weighted by Crippen LogP contribution is -2.40. The highest BCUT2D eigenvalue weighted by Gasteiger charge is 2.49. The van der Waals surface area contributed by atoms with Crippen molar-refractivity contribution < 1.29 is 27.9 Å². The Morgan fingerprint density at radius 3 is 2.50 bits per heavy atom. The normalized spacial score (nSPS) is 23.1. The van der Waals surface area contributed by atoms with Gasteiger partial charge in [0.2, 0.25) is 0 Å². The van der Waals surface area contributed by atoms with Gasteiger partial charge in [0.25, 0.3) is 0 Å². The van der Waals surface area contributed by atoms with E-state index < -0.39 is 36.4 Å². The first-order valence-corrected chi connectivity index (χ1v) is 5.77. The van der Waals surface area contributed by atoms with Gasteiger partial charge in [0.1, 0.15) is 0 Å². The third-order valence-corrected chi connectivity index (χ3v) is 3.40. The molecule has 1 saturated heterocycles. The summed E-state index contributed by atoms with van der Waals surface area (Å²) in [6.07, 6.45) is -2.16. The van der Waals surface area contributed by atoms with E-state index in [1.54, 1.807) is 11.6 Å². The number of likely N-dealkylation sites (tertiary alicyclic amines) is 1. The quantitative estimate of drug-likeness (QED) is 0.866. The molecule has 1 aliphatic rings. The molecule has 0 spiro atoms. The van der Waals surface area contributed by atoms with E-state index in [4.69, 9.17) is 5.11 Å². The van der Waals surface area contributed by atoms with E-state index in [0.29, 0.717) is 10.6 Å². The van der Waals surface area contributed by atoms with Crippen molar-refractivity contribution in [2.24, 2.45) is 13.0 Å². The second-order valence-electron chi connectivity index (χ2n) is 4.69. The van der Waals surface area contributed by atoms with Gasteiger partial charge in [-0.2, -0.15) is 13.2 Å². The maximum atomic E-state index is 12.4. The standard InChI is InChI=1S/C11H12F3N3O3/c1-16-5-15-2-8(16)6-3-17(4-7(6)9(18)19)10(20)11(12,13)14/h2,5-7H,3-4H2,1H3,(H,18,19)/t6-,7-/m1/s1. The lowest BCUT2D eigenvalue weighted by atomic mass is 9.93. The van der Waals surface area contributed by atoms with Gasteiger partial charge in [0, 0.05) is 37.9 Å². The molecule has 0 radical (unpaired) electrons. The molecule has 1 aromatic heterocycles. The molecule has 0 aromatic carbocycles. The maximum absolute atomic E-state index is 12.4. The van der Waals surface area contributed by atoms with Crippen molar-refractivity contribution in [3.8, 4) is 0 Å². The second-order valence-corrected chi connectivity index (χ2v) is 4.69. The van der Waals surface area contributed by atoms with Crippen LogP contribution in [0.4, 0.5) is 13.2 Å². The summed E-state index contributed by atoms with van der Waals surface area (Å²) < 4.78 is 38.8. The average molecular weight is 291 g/mol. The maximum Gasteiger partial charge on any atom is 0.471 e. The number of hydrogen-bond donors (Lipinski definition) is 1. The van der Waals surface area contributed by atoms with Gasteiger partial charge in [-0.15, -0.1) is 0 Å². The number of carboxylic acid groups (broad SMARTS) is 1. The molecule has 110 valence electrons. The number of halogens is 3. The summed E-state index contributed by atoms with van der Waals surface area (Å²) in [5.74, 6) is -5.01. The number of carbonyl (C=O) groups excluding carboxylic acids is 1. The van der Waals surface area contributed by atoms with Crippen LogP contribution in [0, 0.1) is 5.92 Å². The van der Waals surface area contributed by atoms with Crippen LogP contribution >= 0.6 is 0 Å². The summed E-state index contributed by atoms with van der Waals surface area (Å²) in [4.78, 5) is 26.8. The van der Waals surface area contributed by atoms with E-state index in [2.05, 4.69) is 4.98 Å². The molecule has 0 saturated carbocycles. The number of amides is 1. The lowest BCUT2D eigenvalue weighted by molar-refractivity contribution is -0.184. The van der Waals surface area contributed by atoms with Crippen molar-refractivity contribution in [1.82, 2.24) is 14.5 Å². The summed E-state index contributed by atoms with van der Waals surface area (Å²) in [6.45, 7) is -0.738. The predicted molar refractivity (Wildman–Crippen MR) is 59.7 cm³/mol. The molecule has 1 fully saturated rings. The number of aryl methyl sites for hydroxylation is 1. The van der Waals surface area contributed by atoms with Crippen LogP contribution in [0.2, 0.25) is 0 Å². The fraction of sp³-hybridized carbons (Fsp3) is 0.545. The van der Waals surface area contributed by atoms with E-state index in [9.17, 15) is 22.8 Å². The molecule has 0 unspecified atom stereocenters. The highest BCUT2D eigenvalue weighted by molar-refractivity contribution is 5.83. The smallest absolute Gasteiger partial charge is 0.471 e. The van der Waals surface area contributed by atoms with Crippen LogP contribution in [0.25, 0.3) is 0 Å². The van der Waals surface area contributed by atoms with Crippen LogP contribution in [-0.4, -0.2) is 50.7 Å². The van der Waals surface area contributed by atoms with Crippen LogP contribution in [0.15, 0.2) is 12.5 Å². The summed E-state index contributed by atoms with van der Waals surface area (Å²) in [6, 6.07) is 0. The van der Waals surface area contributed by atoms with Gasteiger partial charge in [0.15, 0.2) is 0 Å². The molecule has 6 nitrogen and oxygen atoms in total. The summed E-state index contributed by atoms with van der Waals surface area (Å²) in [7, 11) is 1.62. The van der Waals surface area contributed by atoms with Crippen LogP contribution in [0.5, 0.6) is 0 Å². The molecule has 1 aliphatic heterocycles. The summed E-state index contributed by atoms with van der Waals surface area (Å²) in [5.41, 5.74) is 0.495. The van der Waals surface area contributed by atoms with Gasteiger partial charge in [0.05, 0.1) is 12.2 Å². The van der Waals surface area contributed by atoms with Crippen molar-refractivity contribution in [2.45, 2.75) is 12.1 Å². The Morgan fingerprint density at radius 1 is 1.40 bits per heavy atom. The van der Waals surface area contributed by atoms with Gasteiger partial charge in [-0.1, -0.05) is 0 Å². The van der Waals surface area contributed by atoms with Crippen molar-refractivity contribution in [3.63, 3.8) is 0 Å². The Labute approximate surface area is 111 Å². The number of rotatable bonds is 2. The molecule has 0 aliphatic carbocycles. The van der Waals surface area contributed by atoms with Gasteiger partial charge in [-0.05, 0) is 0 Å². The number of hydrogen-bond acceptors (Lipinski definition) is 3. The van der Waals surface area contributed by atoms with E-state index in [1.165, 1.54) is 12.5 Å². The molecule has 1 aromatic rings. The van der Waals surface area contributed by atoms with Crippen LogP contribution in [0.1, 0.15) is 11.6 Å². The molecule has 1 N–H and O–H groups in total. The van der Waals surface area contributed by atoms with Crippen molar-refractivity contribution in [3.05, 3.63) is 18.2 Å². The number of aromatic nitrogens is 2. The van der Waals surface area contributed by atoms with Crippen LogP contribution in [-0.2, 0) is 16.6 Å². The Bertz CT molecular complexity index is 541. The van der Waals surface area contributed by atoms with Crippen LogP contribution in [0.3, 0.4) is 0 Å². The highest BCUT2D eigenvalue weighted by atomic mass is 19.4. The number of aliphatic carboxylic acids is 1. The average Bonchev–Trinajstić information content (AvgIpc) is 2.92. The topological polar surface area (TPSA) is 75.4 Å². The Balaban J connectivity index is 2.27. The first-order chi connectivity index (χ1) is 9.21. The number of alkyl halides is 3. The Morgan fingerprint density at radius 2 is 2.05 bits per heavy atom. The van der Waals surface area contributed by atoms with Gasteiger partial charge in [-0.3, -0.25) is 9.59 Å². The van der Waals surface area contributed by atoms with Crippen LogP contribution < -0.4 is 0 Å².